The average Bonchev–Trinajstić information content (AvgIpc) is 2.60. The highest BCUT2D eigenvalue weighted by Crippen LogP contribution is 2.28. The van der Waals surface area contributed by atoms with Gasteiger partial charge in [0, 0.05) is 6.42 Å². The Morgan fingerprint density at radius 3 is 2.46 bits per heavy atom. The summed E-state index contributed by atoms with van der Waals surface area (Å²) in [6.45, 7) is 8.48. The van der Waals surface area contributed by atoms with Crippen molar-refractivity contribution in [2.24, 2.45) is 5.92 Å². The van der Waals surface area contributed by atoms with Crippen LogP contribution in [0.15, 0.2) is 30.3 Å². The summed E-state index contributed by atoms with van der Waals surface area (Å²) in [6.07, 6.45) is 5.98. The second kappa shape index (κ2) is 9.22. The number of nitrogens with zero attached hydrogens (tertiary/aromatic N) is 1. The first-order valence-electron chi connectivity index (χ1n) is 9.61. The van der Waals surface area contributed by atoms with Crippen molar-refractivity contribution >= 4 is 5.97 Å². The minimum absolute atomic E-state index is 0.0585. The molecule has 0 radical (unpaired) electrons. The van der Waals surface area contributed by atoms with Gasteiger partial charge in [-0.25, -0.2) is 0 Å². The molecule has 0 saturated carbocycles. The molecule has 0 bridgehead atoms. The highest BCUT2D eigenvalue weighted by molar-refractivity contribution is 5.78. The summed E-state index contributed by atoms with van der Waals surface area (Å²) in [5.74, 6) is 0.0966. The smallest absolute Gasteiger partial charge is 0.313 e. The van der Waals surface area contributed by atoms with Crippen molar-refractivity contribution in [3.05, 3.63) is 35.9 Å². The Morgan fingerprint density at radius 1 is 1.17 bits per heavy atom. The van der Waals surface area contributed by atoms with Gasteiger partial charge >= 0.3 is 5.97 Å². The lowest BCUT2D eigenvalue weighted by Gasteiger charge is -2.37. The third-order valence-electron chi connectivity index (χ3n) is 5.61. The quantitative estimate of drug-likeness (QED) is 0.401. The number of benzene rings is 1. The predicted molar refractivity (Wildman–Crippen MR) is 98.9 cm³/mol. The summed E-state index contributed by atoms with van der Waals surface area (Å²) < 4.78 is 6.81. The first kappa shape index (κ1) is 19.0. The van der Waals surface area contributed by atoms with Crippen LogP contribution in [0.4, 0.5) is 0 Å². The van der Waals surface area contributed by atoms with Gasteiger partial charge in [0.1, 0.15) is 0 Å². The van der Waals surface area contributed by atoms with Crippen molar-refractivity contribution < 1.29 is 14.0 Å². The van der Waals surface area contributed by atoms with Gasteiger partial charge in [-0.3, -0.25) is 4.79 Å². The minimum Gasteiger partial charge on any atom is -0.465 e. The van der Waals surface area contributed by atoms with Crippen molar-refractivity contribution in [2.75, 3.05) is 33.3 Å². The van der Waals surface area contributed by atoms with Gasteiger partial charge in [0.15, 0.2) is 0 Å². The number of hydrogen-bond donors (Lipinski definition) is 0. The normalized spacial score (nSPS) is 19.5. The third-order valence-corrected chi connectivity index (χ3v) is 5.61. The van der Waals surface area contributed by atoms with E-state index in [0.29, 0.717) is 12.5 Å². The van der Waals surface area contributed by atoms with Crippen LogP contribution in [-0.2, 0) is 9.53 Å². The monoisotopic (exact) mass is 332 g/mol. The topological polar surface area (TPSA) is 26.3 Å². The Morgan fingerprint density at radius 2 is 1.83 bits per heavy atom. The number of likely N-dealkylation sites (tertiary alicyclic amines) is 1. The van der Waals surface area contributed by atoms with Crippen molar-refractivity contribution in [2.45, 2.75) is 51.9 Å². The van der Waals surface area contributed by atoms with E-state index in [1.807, 2.05) is 30.3 Å². The molecule has 1 saturated heterocycles. The molecule has 0 aromatic heterocycles. The predicted octanol–water partition coefficient (Wildman–Crippen LogP) is 4.38. The summed E-state index contributed by atoms with van der Waals surface area (Å²) in [7, 11) is 2.34. The molecule has 0 unspecified atom stereocenters. The number of ether oxygens (including phenoxy) is 1. The minimum atomic E-state index is -0.143. The number of rotatable bonds is 8. The molecule has 24 heavy (non-hydrogen) atoms. The van der Waals surface area contributed by atoms with Crippen molar-refractivity contribution in [3.8, 4) is 0 Å². The number of piperidine rings is 1. The Bertz CT molecular complexity index is 494. The van der Waals surface area contributed by atoms with Crippen molar-refractivity contribution in [1.82, 2.24) is 0 Å². The summed E-state index contributed by atoms with van der Waals surface area (Å²) >= 11 is 0. The first-order valence-corrected chi connectivity index (χ1v) is 9.61. The molecule has 0 N–H and O–H groups in total. The zero-order valence-corrected chi connectivity index (χ0v) is 15.7. The molecule has 3 heteroatoms. The molecule has 134 valence electrons. The highest BCUT2D eigenvalue weighted by Gasteiger charge is 2.28. The maximum absolute atomic E-state index is 12.6. The maximum Gasteiger partial charge on any atom is 0.313 e. The van der Waals surface area contributed by atoms with Gasteiger partial charge < -0.3 is 9.22 Å². The molecule has 1 aromatic carbocycles. The van der Waals surface area contributed by atoms with Crippen LogP contribution in [0.5, 0.6) is 0 Å². The second-order valence-corrected chi connectivity index (χ2v) is 7.65. The third kappa shape index (κ3) is 5.34. The summed E-state index contributed by atoms with van der Waals surface area (Å²) in [4.78, 5) is 12.6. The lowest BCUT2D eigenvalue weighted by Crippen LogP contribution is -2.48. The van der Waals surface area contributed by atoms with Gasteiger partial charge in [0.25, 0.3) is 0 Å². The molecule has 0 amide bonds. The second-order valence-electron chi connectivity index (χ2n) is 7.65. The van der Waals surface area contributed by atoms with Crippen LogP contribution in [0.25, 0.3) is 0 Å². The van der Waals surface area contributed by atoms with Crippen LogP contribution in [0.2, 0.25) is 0 Å². The number of carbonyl (C=O) groups is 1. The fourth-order valence-electron chi connectivity index (χ4n) is 3.80. The molecule has 2 atom stereocenters. The molecular weight excluding hydrogens is 298 g/mol. The van der Waals surface area contributed by atoms with E-state index in [4.69, 9.17) is 4.74 Å². The van der Waals surface area contributed by atoms with Gasteiger partial charge in [-0.2, -0.15) is 0 Å². The molecule has 1 heterocycles. The van der Waals surface area contributed by atoms with E-state index in [9.17, 15) is 4.79 Å². The van der Waals surface area contributed by atoms with E-state index in [0.717, 1.165) is 29.4 Å². The van der Waals surface area contributed by atoms with Crippen LogP contribution in [0, 0.1) is 5.92 Å². The Kier molecular flexibility index (Phi) is 7.29. The molecule has 0 aliphatic carbocycles. The van der Waals surface area contributed by atoms with Crippen LogP contribution in [0.1, 0.15) is 57.4 Å². The zero-order chi connectivity index (χ0) is 17.4. The average molecular weight is 333 g/mol. The summed E-state index contributed by atoms with van der Waals surface area (Å²) in [6, 6.07) is 10.1. The Balaban J connectivity index is 1.84. The number of hydrogen-bond acceptors (Lipinski definition) is 2. The van der Waals surface area contributed by atoms with E-state index in [1.54, 1.807) is 0 Å². The first-order chi connectivity index (χ1) is 11.6. The van der Waals surface area contributed by atoms with E-state index < -0.39 is 0 Å². The fraction of sp³-hybridized carbons (Fsp3) is 0.667. The number of quaternary nitrogens is 1. The maximum atomic E-state index is 12.6. The molecular formula is C21H34NO2+. The highest BCUT2D eigenvalue weighted by atomic mass is 16.5. The SMILES string of the molecule is CC[C@@H](C)[C@H](C(=O)OCCC[N+]1(C)CCCCC1)c1ccccc1. The van der Waals surface area contributed by atoms with Crippen LogP contribution in [-0.4, -0.2) is 43.7 Å². The van der Waals surface area contributed by atoms with Gasteiger partial charge in [0.05, 0.1) is 39.2 Å². The van der Waals surface area contributed by atoms with Gasteiger partial charge in [-0.1, -0.05) is 50.6 Å². The van der Waals surface area contributed by atoms with E-state index in [-0.39, 0.29) is 11.9 Å². The van der Waals surface area contributed by atoms with E-state index in [2.05, 4.69) is 20.9 Å². The molecule has 1 aliphatic heterocycles. The van der Waals surface area contributed by atoms with Crippen LogP contribution < -0.4 is 0 Å². The lowest BCUT2D eigenvalue weighted by molar-refractivity contribution is -0.914. The van der Waals surface area contributed by atoms with Gasteiger partial charge in [0.2, 0.25) is 0 Å². The van der Waals surface area contributed by atoms with Crippen molar-refractivity contribution in [1.29, 1.82) is 0 Å². The van der Waals surface area contributed by atoms with Crippen LogP contribution >= 0.6 is 0 Å². The molecule has 1 aromatic rings. The summed E-state index contributed by atoms with van der Waals surface area (Å²) in [5, 5.41) is 0. The standard InChI is InChI=1S/C21H34NO2/c1-4-18(2)20(19-12-7-5-8-13-19)21(23)24-17-11-16-22(3)14-9-6-10-15-22/h5,7-8,12-13,18,20H,4,6,9-11,14-17H2,1-3H3/q+1/t18-,20+/m1/s1. The zero-order valence-electron chi connectivity index (χ0n) is 15.7. The number of esters is 1. The number of carbonyl (C=O) groups excluding carboxylic acids is 1. The largest absolute Gasteiger partial charge is 0.465 e. The van der Waals surface area contributed by atoms with Gasteiger partial charge in [-0.15, -0.1) is 0 Å². The molecule has 0 spiro atoms. The van der Waals surface area contributed by atoms with Crippen molar-refractivity contribution in [3.63, 3.8) is 0 Å². The Hall–Kier alpha value is -1.35. The molecule has 1 fully saturated rings. The van der Waals surface area contributed by atoms with Crippen LogP contribution in [0.3, 0.4) is 0 Å². The Labute approximate surface area is 147 Å². The summed E-state index contributed by atoms with van der Waals surface area (Å²) in [5.41, 5.74) is 1.08. The molecule has 3 nitrogen and oxygen atoms in total. The van der Waals surface area contributed by atoms with Gasteiger partial charge in [-0.05, 0) is 30.7 Å². The molecule has 2 rings (SSSR count). The lowest BCUT2D eigenvalue weighted by atomic mass is 9.86. The fourth-order valence-corrected chi connectivity index (χ4v) is 3.80. The van der Waals surface area contributed by atoms with E-state index in [1.165, 1.54) is 32.4 Å². The molecule has 1 aliphatic rings. The van der Waals surface area contributed by atoms with E-state index >= 15 is 0 Å².